The van der Waals surface area contributed by atoms with E-state index in [-0.39, 0.29) is 6.61 Å². The van der Waals surface area contributed by atoms with Crippen LogP contribution in [0.25, 0.3) is 0 Å². The van der Waals surface area contributed by atoms with Crippen LogP contribution in [0.5, 0.6) is 0 Å². The summed E-state index contributed by atoms with van der Waals surface area (Å²) in [5, 5.41) is 9.96. The lowest BCUT2D eigenvalue weighted by molar-refractivity contribution is -0.145. The number of nitrogens with one attached hydrogen (secondary N) is 1. The zero-order chi connectivity index (χ0) is 14.8. The number of alkyl halides is 3. The highest BCUT2D eigenvalue weighted by Crippen LogP contribution is 2.34. The van der Waals surface area contributed by atoms with E-state index in [0.717, 1.165) is 4.68 Å². The van der Waals surface area contributed by atoms with E-state index < -0.39 is 29.6 Å². The minimum Gasteiger partial charge on any atom is -0.461 e. The maximum atomic E-state index is 13.2. The molecule has 0 saturated carbocycles. The fraction of sp³-hybridized carbons (Fsp3) is 0.727. The van der Waals surface area contributed by atoms with E-state index in [9.17, 15) is 18.0 Å². The Kier molecular flexibility index (Phi) is 4.26. The third kappa shape index (κ3) is 2.92. The van der Waals surface area contributed by atoms with Crippen LogP contribution in [0.15, 0.2) is 0 Å². The van der Waals surface area contributed by atoms with Crippen LogP contribution in [0.1, 0.15) is 42.0 Å². The van der Waals surface area contributed by atoms with Crippen LogP contribution in [-0.2, 0) is 10.9 Å². The van der Waals surface area contributed by atoms with Gasteiger partial charge in [-0.05, 0) is 32.9 Å². The summed E-state index contributed by atoms with van der Waals surface area (Å²) in [5.41, 5.74) is -1.89. The van der Waals surface area contributed by atoms with Crippen molar-refractivity contribution in [2.24, 2.45) is 0 Å². The van der Waals surface area contributed by atoms with Gasteiger partial charge < -0.3 is 10.1 Å². The Bertz CT molecular complexity index is 481. The predicted molar refractivity (Wildman–Crippen MR) is 62.1 cm³/mol. The summed E-state index contributed by atoms with van der Waals surface area (Å²) in [6.07, 6.45) is -3.68. The van der Waals surface area contributed by atoms with Gasteiger partial charge in [-0.2, -0.15) is 13.2 Å². The molecule has 20 heavy (non-hydrogen) atoms. The largest absolute Gasteiger partial charge is 0.461 e. The Balaban J connectivity index is 2.39. The summed E-state index contributed by atoms with van der Waals surface area (Å²) in [6, 6.07) is -0.413. The van der Waals surface area contributed by atoms with Gasteiger partial charge >= 0.3 is 12.1 Å². The molecule has 112 valence electrons. The fourth-order valence-electron chi connectivity index (χ4n) is 2.20. The van der Waals surface area contributed by atoms with Gasteiger partial charge in [0, 0.05) is 0 Å². The predicted octanol–water partition coefficient (Wildman–Crippen LogP) is 1.40. The smallest absolute Gasteiger partial charge is 0.435 e. The molecule has 6 nitrogen and oxygen atoms in total. The minimum absolute atomic E-state index is 0.0175. The fourth-order valence-corrected chi connectivity index (χ4v) is 2.20. The number of carbonyl (C=O) groups excluding carboxylic acids is 1. The van der Waals surface area contributed by atoms with Crippen LogP contribution in [0.4, 0.5) is 13.2 Å². The second-order valence-corrected chi connectivity index (χ2v) is 4.43. The van der Waals surface area contributed by atoms with Gasteiger partial charge in [-0.15, -0.1) is 5.10 Å². The van der Waals surface area contributed by atoms with E-state index in [1.807, 2.05) is 0 Å². The van der Waals surface area contributed by atoms with Crippen LogP contribution in [0.2, 0.25) is 0 Å². The standard InChI is InChI=1S/C11H15F3N4O2/c1-2-20-10(19)8-9(11(12,13)14)18(17-16-8)7-3-5-15-6-4-7/h7,15H,2-6H2,1H3. The number of hydrogen-bond donors (Lipinski definition) is 1. The lowest BCUT2D eigenvalue weighted by Crippen LogP contribution is -2.32. The first-order valence-corrected chi connectivity index (χ1v) is 6.35. The number of nitrogens with zero attached hydrogens (tertiary/aromatic N) is 3. The molecule has 2 heterocycles. The monoisotopic (exact) mass is 292 g/mol. The molecule has 0 unspecified atom stereocenters. The summed E-state index contributed by atoms with van der Waals surface area (Å²) in [4.78, 5) is 11.6. The van der Waals surface area contributed by atoms with Crippen LogP contribution < -0.4 is 5.32 Å². The molecule has 1 aliphatic rings. The minimum atomic E-state index is -4.70. The van der Waals surface area contributed by atoms with Crippen molar-refractivity contribution in [3.8, 4) is 0 Å². The molecule has 1 aromatic heterocycles. The second-order valence-electron chi connectivity index (χ2n) is 4.43. The molecular weight excluding hydrogens is 277 g/mol. The number of esters is 1. The summed E-state index contributed by atoms with van der Waals surface area (Å²) in [7, 11) is 0. The molecule has 0 atom stereocenters. The lowest BCUT2D eigenvalue weighted by Gasteiger charge is -2.24. The molecule has 0 aliphatic carbocycles. The topological polar surface area (TPSA) is 69.0 Å². The average molecular weight is 292 g/mol. The summed E-state index contributed by atoms with van der Waals surface area (Å²) >= 11 is 0. The van der Waals surface area contributed by atoms with Crippen molar-refractivity contribution in [2.45, 2.75) is 32.0 Å². The van der Waals surface area contributed by atoms with Crippen LogP contribution >= 0.6 is 0 Å². The van der Waals surface area contributed by atoms with E-state index >= 15 is 0 Å². The zero-order valence-electron chi connectivity index (χ0n) is 10.9. The highest BCUT2D eigenvalue weighted by molar-refractivity contribution is 5.88. The molecule has 1 N–H and O–H groups in total. The Morgan fingerprint density at radius 1 is 1.45 bits per heavy atom. The molecule has 0 spiro atoms. The molecule has 0 aromatic carbocycles. The van der Waals surface area contributed by atoms with Crippen molar-refractivity contribution in [1.29, 1.82) is 0 Å². The number of carbonyl (C=O) groups is 1. The third-order valence-electron chi connectivity index (χ3n) is 3.09. The molecule has 0 bridgehead atoms. The van der Waals surface area contributed by atoms with Crippen molar-refractivity contribution in [3.63, 3.8) is 0 Å². The van der Waals surface area contributed by atoms with Crippen LogP contribution in [0.3, 0.4) is 0 Å². The summed E-state index contributed by atoms with van der Waals surface area (Å²) < 4.78 is 44.9. The Morgan fingerprint density at radius 3 is 2.65 bits per heavy atom. The first-order valence-electron chi connectivity index (χ1n) is 6.35. The first-order chi connectivity index (χ1) is 9.45. The quantitative estimate of drug-likeness (QED) is 0.853. The summed E-state index contributed by atoms with van der Waals surface area (Å²) in [6.45, 7) is 2.71. The normalized spacial score (nSPS) is 17.2. The molecule has 0 radical (unpaired) electrons. The number of halogens is 3. The zero-order valence-corrected chi connectivity index (χ0v) is 10.9. The molecular formula is C11H15F3N4O2. The van der Waals surface area contributed by atoms with Gasteiger partial charge in [-0.1, -0.05) is 5.21 Å². The van der Waals surface area contributed by atoms with Gasteiger partial charge in [0.1, 0.15) is 0 Å². The lowest BCUT2D eigenvalue weighted by atomic mass is 10.1. The summed E-state index contributed by atoms with van der Waals surface area (Å²) in [5.74, 6) is -1.10. The Hall–Kier alpha value is -1.64. The average Bonchev–Trinajstić information content (AvgIpc) is 2.84. The number of aromatic nitrogens is 3. The Labute approximate surface area is 113 Å². The van der Waals surface area contributed by atoms with Crippen LogP contribution in [0, 0.1) is 0 Å². The molecule has 9 heteroatoms. The van der Waals surface area contributed by atoms with E-state index in [0.29, 0.717) is 25.9 Å². The first kappa shape index (κ1) is 14.8. The maximum absolute atomic E-state index is 13.2. The number of rotatable bonds is 3. The van der Waals surface area contributed by atoms with E-state index in [1.54, 1.807) is 0 Å². The van der Waals surface area contributed by atoms with Crippen molar-refractivity contribution >= 4 is 5.97 Å². The molecule has 1 aromatic rings. The van der Waals surface area contributed by atoms with E-state index in [4.69, 9.17) is 0 Å². The second kappa shape index (κ2) is 5.78. The molecule has 2 rings (SSSR count). The maximum Gasteiger partial charge on any atom is 0.435 e. The van der Waals surface area contributed by atoms with Gasteiger partial charge in [-0.3, -0.25) is 0 Å². The molecule has 1 fully saturated rings. The van der Waals surface area contributed by atoms with E-state index in [2.05, 4.69) is 20.4 Å². The third-order valence-corrected chi connectivity index (χ3v) is 3.09. The van der Waals surface area contributed by atoms with Gasteiger partial charge in [0.2, 0.25) is 5.69 Å². The van der Waals surface area contributed by atoms with Gasteiger partial charge in [0.05, 0.1) is 12.6 Å². The van der Waals surface area contributed by atoms with Gasteiger partial charge in [0.25, 0.3) is 0 Å². The van der Waals surface area contributed by atoms with Gasteiger partial charge in [-0.25, -0.2) is 9.48 Å². The molecule has 1 aliphatic heterocycles. The Morgan fingerprint density at radius 2 is 2.10 bits per heavy atom. The van der Waals surface area contributed by atoms with E-state index in [1.165, 1.54) is 6.92 Å². The van der Waals surface area contributed by atoms with Crippen molar-refractivity contribution in [2.75, 3.05) is 19.7 Å². The SMILES string of the molecule is CCOC(=O)c1nnn(C2CCNCC2)c1C(F)(F)F. The highest BCUT2D eigenvalue weighted by Gasteiger charge is 2.43. The van der Waals surface area contributed by atoms with Crippen molar-refractivity contribution in [3.05, 3.63) is 11.4 Å². The van der Waals surface area contributed by atoms with Crippen molar-refractivity contribution in [1.82, 2.24) is 20.3 Å². The highest BCUT2D eigenvalue weighted by atomic mass is 19.4. The van der Waals surface area contributed by atoms with Gasteiger partial charge in [0.15, 0.2) is 5.69 Å². The number of ether oxygens (including phenoxy) is 1. The number of hydrogen-bond acceptors (Lipinski definition) is 5. The number of piperidine rings is 1. The van der Waals surface area contributed by atoms with Crippen LogP contribution in [-0.4, -0.2) is 40.7 Å². The molecule has 1 saturated heterocycles. The molecule has 0 amide bonds. The van der Waals surface area contributed by atoms with Crippen molar-refractivity contribution < 1.29 is 22.7 Å².